The molecule has 0 radical (unpaired) electrons. The van der Waals surface area contributed by atoms with Gasteiger partial charge in [-0.25, -0.2) is 9.79 Å². The Morgan fingerprint density at radius 1 is 0.871 bits per heavy atom. The van der Waals surface area contributed by atoms with Crippen molar-refractivity contribution in [2.45, 2.75) is 65.2 Å². The van der Waals surface area contributed by atoms with Crippen molar-refractivity contribution < 1.29 is 14.3 Å². The molecular weight excluding hydrogens is 386 g/mol. The third kappa shape index (κ3) is 7.39. The molecule has 0 fully saturated rings. The lowest BCUT2D eigenvalue weighted by molar-refractivity contribution is -0.129. The molecule has 0 spiro atoms. The van der Waals surface area contributed by atoms with Gasteiger partial charge in [0.25, 0.3) is 0 Å². The SMILES string of the molecule is CCCCCCCCCCOc1ccc(C2=N/C(=C\c3ccc(C)cc3)C(=O)O2)cc1. The molecular formula is C27H33NO3. The van der Waals surface area contributed by atoms with Gasteiger partial charge >= 0.3 is 5.97 Å². The maximum atomic E-state index is 12.2. The first-order chi connectivity index (χ1) is 15.2. The van der Waals surface area contributed by atoms with Gasteiger partial charge in [-0.2, -0.15) is 0 Å². The number of cyclic esters (lactones) is 1. The lowest BCUT2D eigenvalue weighted by Gasteiger charge is -2.07. The number of ether oxygens (including phenoxy) is 2. The summed E-state index contributed by atoms with van der Waals surface area (Å²) in [7, 11) is 0. The lowest BCUT2D eigenvalue weighted by Crippen LogP contribution is -2.05. The molecule has 0 atom stereocenters. The third-order valence-corrected chi connectivity index (χ3v) is 5.37. The molecule has 0 aromatic heterocycles. The number of rotatable bonds is 12. The minimum Gasteiger partial charge on any atom is -0.494 e. The van der Waals surface area contributed by atoms with Crippen LogP contribution in [0.3, 0.4) is 0 Å². The Kier molecular flexibility index (Phi) is 8.89. The molecule has 1 aliphatic rings. The zero-order valence-electron chi connectivity index (χ0n) is 18.7. The van der Waals surface area contributed by atoms with Gasteiger partial charge in [0, 0.05) is 5.56 Å². The molecule has 2 aromatic carbocycles. The van der Waals surface area contributed by atoms with Crippen molar-refractivity contribution >= 4 is 17.9 Å². The van der Waals surface area contributed by atoms with Gasteiger partial charge < -0.3 is 9.47 Å². The molecule has 1 aliphatic heterocycles. The Labute approximate surface area is 186 Å². The van der Waals surface area contributed by atoms with Gasteiger partial charge in [-0.3, -0.25) is 0 Å². The Morgan fingerprint density at radius 2 is 1.52 bits per heavy atom. The van der Waals surface area contributed by atoms with Crippen molar-refractivity contribution in [3.05, 3.63) is 70.9 Å². The predicted octanol–water partition coefficient (Wildman–Crippen LogP) is 6.86. The van der Waals surface area contributed by atoms with Gasteiger partial charge in [-0.1, -0.05) is 81.7 Å². The van der Waals surface area contributed by atoms with Crippen molar-refractivity contribution in [3.63, 3.8) is 0 Å². The average molecular weight is 420 g/mol. The molecule has 2 aromatic rings. The Morgan fingerprint density at radius 3 is 2.19 bits per heavy atom. The average Bonchev–Trinajstić information content (AvgIpc) is 3.15. The molecule has 0 saturated carbocycles. The fourth-order valence-corrected chi connectivity index (χ4v) is 3.47. The van der Waals surface area contributed by atoms with E-state index in [0.29, 0.717) is 11.6 Å². The number of nitrogens with zero attached hydrogens (tertiary/aromatic N) is 1. The van der Waals surface area contributed by atoms with Crippen LogP contribution in [0.4, 0.5) is 0 Å². The zero-order valence-corrected chi connectivity index (χ0v) is 18.7. The van der Waals surface area contributed by atoms with E-state index in [2.05, 4.69) is 11.9 Å². The first-order valence-corrected chi connectivity index (χ1v) is 11.5. The fourth-order valence-electron chi connectivity index (χ4n) is 3.47. The molecule has 0 amide bonds. The van der Waals surface area contributed by atoms with Gasteiger partial charge in [0.2, 0.25) is 5.90 Å². The second-order valence-corrected chi connectivity index (χ2v) is 8.09. The molecule has 164 valence electrons. The second-order valence-electron chi connectivity index (χ2n) is 8.09. The minimum atomic E-state index is -0.425. The summed E-state index contributed by atoms with van der Waals surface area (Å²) in [5.74, 6) is 0.732. The monoisotopic (exact) mass is 419 g/mol. The van der Waals surface area contributed by atoms with Gasteiger partial charge in [0.1, 0.15) is 5.75 Å². The van der Waals surface area contributed by atoms with Crippen LogP contribution in [0.25, 0.3) is 6.08 Å². The third-order valence-electron chi connectivity index (χ3n) is 5.37. The maximum absolute atomic E-state index is 12.2. The van der Waals surface area contributed by atoms with E-state index in [1.165, 1.54) is 50.5 Å². The highest BCUT2D eigenvalue weighted by atomic mass is 16.6. The molecule has 3 rings (SSSR count). The summed E-state index contributed by atoms with van der Waals surface area (Å²) in [6.07, 6.45) is 12.0. The van der Waals surface area contributed by atoms with E-state index < -0.39 is 5.97 Å². The summed E-state index contributed by atoms with van der Waals surface area (Å²) in [5.41, 5.74) is 3.17. The number of aliphatic imine (C=N–C) groups is 1. The highest BCUT2D eigenvalue weighted by molar-refractivity contribution is 6.12. The standard InChI is InChI=1S/C27H33NO3/c1-3-4-5-6-7-8-9-10-19-30-24-17-15-23(16-18-24)26-28-25(27(29)31-26)20-22-13-11-21(2)12-14-22/h11-18,20H,3-10,19H2,1-2H3/b25-20-. The quantitative estimate of drug-likeness (QED) is 0.214. The van der Waals surface area contributed by atoms with Crippen LogP contribution < -0.4 is 4.74 Å². The summed E-state index contributed by atoms with van der Waals surface area (Å²) in [4.78, 5) is 16.5. The van der Waals surface area contributed by atoms with E-state index in [1.54, 1.807) is 6.08 Å². The highest BCUT2D eigenvalue weighted by Crippen LogP contribution is 2.21. The van der Waals surface area contributed by atoms with E-state index in [0.717, 1.165) is 29.9 Å². The van der Waals surface area contributed by atoms with Crippen LogP contribution in [0, 0.1) is 6.92 Å². The molecule has 0 bridgehead atoms. The van der Waals surface area contributed by atoms with Crippen LogP contribution >= 0.6 is 0 Å². The van der Waals surface area contributed by atoms with E-state index in [-0.39, 0.29) is 0 Å². The lowest BCUT2D eigenvalue weighted by atomic mass is 10.1. The van der Waals surface area contributed by atoms with Crippen LogP contribution in [0.2, 0.25) is 0 Å². The van der Waals surface area contributed by atoms with Crippen molar-refractivity contribution in [2.75, 3.05) is 6.61 Å². The summed E-state index contributed by atoms with van der Waals surface area (Å²) in [5, 5.41) is 0. The summed E-state index contributed by atoms with van der Waals surface area (Å²) >= 11 is 0. The zero-order chi connectivity index (χ0) is 21.9. The van der Waals surface area contributed by atoms with Crippen LogP contribution in [0.5, 0.6) is 5.75 Å². The Hall–Kier alpha value is -2.88. The molecule has 4 heteroatoms. The predicted molar refractivity (Wildman–Crippen MR) is 126 cm³/mol. The Balaban J connectivity index is 1.45. The number of hydrogen-bond acceptors (Lipinski definition) is 4. The van der Waals surface area contributed by atoms with Crippen LogP contribution in [-0.4, -0.2) is 18.5 Å². The number of hydrogen-bond donors (Lipinski definition) is 0. The molecule has 0 saturated heterocycles. The molecule has 1 heterocycles. The number of aryl methyl sites for hydroxylation is 1. The van der Waals surface area contributed by atoms with E-state index in [1.807, 2.05) is 55.5 Å². The fraction of sp³-hybridized carbons (Fsp3) is 0.407. The molecule has 0 N–H and O–H groups in total. The van der Waals surface area contributed by atoms with Gasteiger partial charge in [0.05, 0.1) is 6.61 Å². The van der Waals surface area contributed by atoms with Crippen LogP contribution in [-0.2, 0) is 9.53 Å². The van der Waals surface area contributed by atoms with Gasteiger partial charge in [0.15, 0.2) is 5.70 Å². The summed E-state index contributed by atoms with van der Waals surface area (Å²) in [6, 6.07) is 15.5. The van der Waals surface area contributed by atoms with E-state index in [9.17, 15) is 4.79 Å². The first kappa shape index (κ1) is 22.8. The number of unbranched alkanes of at least 4 members (excludes halogenated alkanes) is 7. The van der Waals surface area contributed by atoms with Crippen LogP contribution in [0.1, 0.15) is 75.0 Å². The van der Waals surface area contributed by atoms with Crippen molar-refractivity contribution in [2.24, 2.45) is 4.99 Å². The Bertz CT molecular complexity index is 895. The number of benzene rings is 2. The highest BCUT2D eigenvalue weighted by Gasteiger charge is 2.24. The topological polar surface area (TPSA) is 47.9 Å². The van der Waals surface area contributed by atoms with Gasteiger partial charge in [-0.05, 0) is 49.2 Å². The van der Waals surface area contributed by atoms with Gasteiger partial charge in [-0.15, -0.1) is 0 Å². The number of carbonyl (C=O) groups excluding carboxylic acids is 1. The van der Waals surface area contributed by atoms with E-state index >= 15 is 0 Å². The normalized spacial score (nSPS) is 14.6. The largest absolute Gasteiger partial charge is 0.494 e. The number of esters is 1. The smallest absolute Gasteiger partial charge is 0.363 e. The minimum absolute atomic E-state index is 0.314. The summed E-state index contributed by atoms with van der Waals surface area (Å²) in [6.45, 7) is 5.01. The first-order valence-electron chi connectivity index (χ1n) is 11.5. The molecule has 31 heavy (non-hydrogen) atoms. The second kappa shape index (κ2) is 12.1. The van der Waals surface area contributed by atoms with Crippen molar-refractivity contribution in [3.8, 4) is 5.75 Å². The molecule has 4 nitrogen and oxygen atoms in total. The van der Waals surface area contributed by atoms with E-state index in [4.69, 9.17) is 9.47 Å². The van der Waals surface area contributed by atoms with Crippen molar-refractivity contribution in [1.29, 1.82) is 0 Å². The van der Waals surface area contributed by atoms with Crippen molar-refractivity contribution in [1.82, 2.24) is 0 Å². The number of carbonyl (C=O) groups is 1. The summed E-state index contributed by atoms with van der Waals surface area (Å²) < 4.78 is 11.2. The molecule has 0 aliphatic carbocycles. The molecule has 0 unspecified atom stereocenters. The van der Waals surface area contributed by atoms with Crippen LogP contribution in [0.15, 0.2) is 59.2 Å². The maximum Gasteiger partial charge on any atom is 0.363 e.